The summed E-state index contributed by atoms with van der Waals surface area (Å²) in [6, 6.07) is 2.15. The van der Waals surface area contributed by atoms with Crippen LogP contribution in [-0.4, -0.2) is 11.6 Å². The first kappa shape index (κ1) is 14.2. The molecule has 0 amide bonds. The number of Topliss-reactive ketones (excluding diaryl/α,β-unsaturated/α-hetero) is 1. The molecule has 0 N–H and O–H groups in total. The quantitative estimate of drug-likeness (QED) is 0.577. The molecule has 0 aliphatic heterocycles. The summed E-state index contributed by atoms with van der Waals surface area (Å²) >= 11 is 1.65. The molecule has 2 nitrogen and oxygen atoms in total. The predicted octanol–water partition coefficient (Wildman–Crippen LogP) is 4.19. The minimum atomic E-state index is -0.0517. The van der Waals surface area contributed by atoms with Gasteiger partial charge in [-0.2, -0.15) is 0 Å². The Hall–Kier alpha value is -1.22. The van der Waals surface area contributed by atoms with Gasteiger partial charge in [-0.05, 0) is 41.5 Å². The lowest BCUT2D eigenvalue weighted by Crippen LogP contribution is -2.12. The minimum absolute atomic E-state index is 0.0420. The summed E-state index contributed by atoms with van der Waals surface area (Å²) in [7, 11) is 0. The van der Waals surface area contributed by atoms with Crippen molar-refractivity contribution in [3.63, 3.8) is 0 Å². The third kappa shape index (κ3) is 4.13. The molecule has 0 saturated carbocycles. The molecule has 0 aromatic carbocycles. The van der Waals surface area contributed by atoms with E-state index in [2.05, 4.69) is 18.4 Å². The molecular formula is C16H20O2S. The van der Waals surface area contributed by atoms with E-state index in [0.717, 1.165) is 16.9 Å². The van der Waals surface area contributed by atoms with Gasteiger partial charge < -0.3 is 0 Å². The summed E-state index contributed by atoms with van der Waals surface area (Å²) in [5, 5.41) is 2.16. The van der Waals surface area contributed by atoms with E-state index in [4.69, 9.17) is 0 Å². The first-order valence-electron chi connectivity index (χ1n) is 7.02. The first-order valence-corrected chi connectivity index (χ1v) is 7.90. The average molecular weight is 276 g/mol. The number of thiophene rings is 1. The van der Waals surface area contributed by atoms with Crippen LogP contribution in [0.15, 0.2) is 17.5 Å². The SMILES string of the molecule is CCCCCCc1csc(C2=CC(=O)CC(=O)C2)c1. The molecule has 19 heavy (non-hydrogen) atoms. The lowest BCUT2D eigenvalue weighted by Gasteiger charge is -2.08. The third-order valence-corrected chi connectivity index (χ3v) is 4.44. The van der Waals surface area contributed by atoms with E-state index in [1.165, 1.54) is 31.2 Å². The van der Waals surface area contributed by atoms with Crippen molar-refractivity contribution < 1.29 is 9.59 Å². The van der Waals surface area contributed by atoms with E-state index < -0.39 is 0 Å². The summed E-state index contributed by atoms with van der Waals surface area (Å²) in [5.41, 5.74) is 2.24. The zero-order valence-corrected chi connectivity index (χ0v) is 12.2. The number of carbonyl (C=O) groups is 2. The number of aryl methyl sites for hydroxylation is 1. The number of unbranched alkanes of at least 4 members (excludes halogenated alkanes) is 3. The summed E-state index contributed by atoms with van der Waals surface area (Å²) in [6.45, 7) is 2.21. The standard InChI is InChI=1S/C16H20O2S/c1-2-3-4-5-6-12-7-16(19-11-12)13-8-14(17)10-15(18)9-13/h7-8,11H,2-6,9-10H2,1H3. The van der Waals surface area contributed by atoms with Crippen molar-refractivity contribution in [2.24, 2.45) is 0 Å². The highest BCUT2D eigenvalue weighted by atomic mass is 32.1. The summed E-state index contributed by atoms with van der Waals surface area (Å²) in [5.74, 6) is -0.00968. The van der Waals surface area contributed by atoms with E-state index in [0.29, 0.717) is 6.42 Å². The Morgan fingerprint density at radius 3 is 2.74 bits per heavy atom. The maximum absolute atomic E-state index is 11.5. The zero-order chi connectivity index (χ0) is 13.7. The Morgan fingerprint density at radius 2 is 2.00 bits per heavy atom. The van der Waals surface area contributed by atoms with Crippen molar-refractivity contribution in [2.75, 3.05) is 0 Å². The maximum atomic E-state index is 11.5. The summed E-state index contributed by atoms with van der Waals surface area (Å²) in [6.07, 6.45) is 8.31. The molecule has 3 heteroatoms. The molecule has 0 atom stereocenters. The van der Waals surface area contributed by atoms with Crippen LogP contribution in [-0.2, 0) is 16.0 Å². The minimum Gasteiger partial charge on any atom is -0.299 e. The number of carbonyl (C=O) groups excluding carboxylic acids is 2. The Labute approximate surface area is 118 Å². The number of hydrogen-bond acceptors (Lipinski definition) is 3. The average Bonchev–Trinajstić information content (AvgIpc) is 2.82. The van der Waals surface area contributed by atoms with E-state index in [9.17, 15) is 9.59 Å². The lowest BCUT2D eigenvalue weighted by molar-refractivity contribution is -0.124. The van der Waals surface area contributed by atoms with Gasteiger partial charge in [-0.15, -0.1) is 11.3 Å². The van der Waals surface area contributed by atoms with Gasteiger partial charge in [0.15, 0.2) is 5.78 Å². The monoisotopic (exact) mass is 276 g/mol. The van der Waals surface area contributed by atoms with Gasteiger partial charge in [-0.25, -0.2) is 0 Å². The van der Waals surface area contributed by atoms with Gasteiger partial charge in [0.25, 0.3) is 0 Å². The fourth-order valence-electron chi connectivity index (χ4n) is 2.35. The van der Waals surface area contributed by atoms with Crippen LogP contribution in [0.3, 0.4) is 0 Å². The van der Waals surface area contributed by atoms with Crippen LogP contribution in [0.4, 0.5) is 0 Å². The second-order valence-electron chi connectivity index (χ2n) is 5.16. The lowest BCUT2D eigenvalue weighted by atomic mass is 9.96. The Bertz CT molecular complexity index is 497. The van der Waals surface area contributed by atoms with Crippen LogP contribution >= 0.6 is 11.3 Å². The molecule has 2 rings (SSSR count). The topological polar surface area (TPSA) is 34.1 Å². The van der Waals surface area contributed by atoms with Crippen molar-refractivity contribution in [3.05, 3.63) is 28.0 Å². The normalized spacial score (nSPS) is 15.7. The van der Waals surface area contributed by atoms with E-state index in [1.54, 1.807) is 17.4 Å². The second-order valence-corrected chi connectivity index (χ2v) is 6.07. The van der Waals surface area contributed by atoms with Crippen molar-refractivity contribution in [3.8, 4) is 0 Å². The molecule has 0 fully saturated rings. The predicted molar refractivity (Wildman–Crippen MR) is 79.4 cm³/mol. The van der Waals surface area contributed by atoms with Crippen molar-refractivity contribution in [2.45, 2.75) is 51.9 Å². The van der Waals surface area contributed by atoms with Gasteiger partial charge in [0.1, 0.15) is 5.78 Å². The van der Waals surface area contributed by atoms with Gasteiger partial charge in [0, 0.05) is 11.3 Å². The molecule has 0 bridgehead atoms. The highest BCUT2D eigenvalue weighted by Crippen LogP contribution is 2.29. The molecule has 0 unspecified atom stereocenters. The van der Waals surface area contributed by atoms with Crippen molar-refractivity contribution in [1.82, 2.24) is 0 Å². The number of ketones is 2. The van der Waals surface area contributed by atoms with E-state index >= 15 is 0 Å². The van der Waals surface area contributed by atoms with Crippen LogP contribution in [0.2, 0.25) is 0 Å². The summed E-state index contributed by atoms with van der Waals surface area (Å²) in [4.78, 5) is 24.0. The van der Waals surface area contributed by atoms with Gasteiger partial charge >= 0.3 is 0 Å². The zero-order valence-electron chi connectivity index (χ0n) is 11.4. The number of hydrogen-bond donors (Lipinski definition) is 0. The smallest absolute Gasteiger partial charge is 0.163 e. The van der Waals surface area contributed by atoms with Crippen LogP contribution in [0.25, 0.3) is 5.57 Å². The van der Waals surface area contributed by atoms with Gasteiger partial charge in [0.2, 0.25) is 0 Å². The Balaban J connectivity index is 1.97. The Morgan fingerprint density at radius 1 is 1.16 bits per heavy atom. The van der Waals surface area contributed by atoms with E-state index in [1.807, 2.05) is 0 Å². The maximum Gasteiger partial charge on any atom is 0.163 e. The van der Waals surface area contributed by atoms with Gasteiger partial charge in [0.05, 0.1) is 6.42 Å². The van der Waals surface area contributed by atoms with Crippen molar-refractivity contribution in [1.29, 1.82) is 0 Å². The van der Waals surface area contributed by atoms with Gasteiger partial charge in [-0.1, -0.05) is 26.2 Å². The molecule has 1 heterocycles. The molecule has 0 radical (unpaired) electrons. The fraction of sp³-hybridized carbons (Fsp3) is 0.500. The van der Waals surface area contributed by atoms with Crippen LogP contribution in [0.1, 0.15) is 55.9 Å². The molecule has 1 aliphatic carbocycles. The molecule has 1 aromatic rings. The van der Waals surface area contributed by atoms with Crippen LogP contribution in [0.5, 0.6) is 0 Å². The third-order valence-electron chi connectivity index (χ3n) is 3.38. The Kier molecular flexibility index (Phi) is 5.08. The van der Waals surface area contributed by atoms with Crippen LogP contribution < -0.4 is 0 Å². The van der Waals surface area contributed by atoms with E-state index in [-0.39, 0.29) is 18.0 Å². The highest BCUT2D eigenvalue weighted by molar-refractivity contribution is 7.11. The second kappa shape index (κ2) is 6.80. The largest absolute Gasteiger partial charge is 0.299 e. The van der Waals surface area contributed by atoms with Gasteiger partial charge in [-0.3, -0.25) is 9.59 Å². The molecule has 102 valence electrons. The number of rotatable bonds is 6. The fourth-order valence-corrected chi connectivity index (χ4v) is 3.32. The summed E-state index contributed by atoms with van der Waals surface area (Å²) < 4.78 is 0. The van der Waals surface area contributed by atoms with Crippen molar-refractivity contribution >= 4 is 28.5 Å². The number of allylic oxidation sites excluding steroid dienone is 2. The first-order chi connectivity index (χ1) is 9.19. The molecule has 1 aromatic heterocycles. The molecular weight excluding hydrogens is 256 g/mol. The molecule has 0 spiro atoms. The molecule has 0 saturated heterocycles. The highest BCUT2D eigenvalue weighted by Gasteiger charge is 2.19. The molecule has 1 aliphatic rings. The van der Waals surface area contributed by atoms with Crippen LogP contribution in [0, 0.1) is 0 Å².